The van der Waals surface area contributed by atoms with Crippen LogP contribution in [0.5, 0.6) is 0 Å². The number of aromatic carboxylic acids is 1. The fourth-order valence-corrected chi connectivity index (χ4v) is 5.68. The van der Waals surface area contributed by atoms with Gasteiger partial charge in [-0.25, -0.2) is 9.78 Å². The molecule has 2 aromatic rings. The number of rotatable bonds is 2. The molecule has 5 rings (SSSR count). The summed E-state index contributed by atoms with van der Waals surface area (Å²) in [6, 6.07) is 5.47. The third-order valence-electron chi connectivity index (χ3n) is 6.39. The zero-order chi connectivity index (χ0) is 19.4. The molecule has 0 bridgehead atoms. The van der Waals surface area contributed by atoms with Gasteiger partial charge in [0.15, 0.2) is 5.69 Å². The van der Waals surface area contributed by atoms with Gasteiger partial charge < -0.3 is 10.0 Å². The van der Waals surface area contributed by atoms with Crippen molar-refractivity contribution in [2.45, 2.75) is 56.9 Å². The average molecular weight is 444 g/mol. The van der Waals surface area contributed by atoms with Gasteiger partial charge in [0.05, 0.1) is 23.0 Å². The molecule has 1 amide bonds. The molecule has 1 aromatic heterocycles. The average Bonchev–Trinajstić information content (AvgIpc) is 3.30. The molecule has 7 heteroatoms. The van der Waals surface area contributed by atoms with Gasteiger partial charge in [-0.05, 0) is 53.7 Å². The number of hydrogen-bond donors (Lipinski definition) is 1. The highest BCUT2D eigenvalue weighted by Crippen LogP contribution is 2.44. The summed E-state index contributed by atoms with van der Waals surface area (Å²) in [5.41, 5.74) is 2.15. The molecule has 1 N–H and O–H groups in total. The predicted octanol–water partition coefficient (Wildman–Crippen LogP) is 4.67. The highest BCUT2D eigenvalue weighted by Gasteiger charge is 2.43. The lowest BCUT2D eigenvalue weighted by Crippen LogP contribution is -2.30. The third kappa shape index (κ3) is 2.55. The molecule has 1 aromatic carbocycles. The summed E-state index contributed by atoms with van der Waals surface area (Å²) >= 11 is 3.56. The van der Waals surface area contributed by atoms with Crippen LogP contribution >= 0.6 is 15.9 Å². The van der Waals surface area contributed by atoms with E-state index in [1.54, 1.807) is 0 Å². The summed E-state index contributed by atoms with van der Waals surface area (Å²) in [4.78, 5) is 32.0. The predicted molar refractivity (Wildman–Crippen MR) is 107 cm³/mol. The Kier molecular flexibility index (Phi) is 4.30. The molecule has 6 nitrogen and oxygen atoms in total. The number of carbonyl (C=O) groups excluding carboxylic acids is 1. The van der Waals surface area contributed by atoms with Crippen LogP contribution in [0.15, 0.2) is 22.7 Å². The first-order valence-electron chi connectivity index (χ1n) is 10.0. The SMILES string of the molecule is O=C(O)c1nc(C2CCCCC2)n2c1[C@@H]1CCCN1C(=O)c1c(Br)cccc1-2. The second kappa shape index (κ2) is 6.72. The van der Waals surface area contributed by atoms with Crippen LogP contribution in [0.4, 0.5) is 0 Å². The van der Waals surface area contributed by atoms with Gasteiger partial charge in [-0.2, -0.15) is 0 Å². The molecule has 28 heavy (non-hydrogen) atoms. The zero-order valence-corrected chi connectivity index (χ0v) is 17.1. The Morgan fingerprint density at radius 2 is 1.93 bits per heavy atom. The molecular weight excluding hydrogens is 422 g/mol. The Morgan fingerprint density at radius 1 is 1.14 bits per heavy atom. The van der Waals surface area contributed by atoms with Crippen LogP contribution in [0.2, 0.25) is 0 Å². The summed E-state index contributed by atoms with van der Waals surface area (Å²) in [7, 11) is 0. The maximum absolute atomic E-state index is 13.4. The maximum atomic E-state index is 13.4. The summed E-state index contributed by atoms with van der Waals surface area (Å²) in [6.07, 6.45) is 7.16. The van der Waals surface area contributed by atoms with Crippen molar-refractivity contribution in [1.29, 1.82) is 0 Å². The lowest BCUT2D eigenvalue weighted by atomic mass is 9.88. The van der Waals surface area contributed by atoms with Gasteiger partial charge in [-0.3, -0.25) is 9.36 Å². The number of amides is 1. The molecule has 1 aliphatic carbocycles. The smallest absolute Gasteiger partial charge is 0.356 e. The lowest BCUT2D eigenvalue weighted by Gasteiger charge is -2.24. The summed E-state index contributed by atoms with van der Waals surface area (Å²) in [5.74, 6) is 0.00616. The van der Waals surface area contributed by atoms with Gasteiger partial charge in [-0.1, -0.05) is 25.3 Å². The van der Waals surface area contributed by atoms with Crippen LogP contribution < -0.4 is 0 Å². The number of carbonyl (C=O) groups is 2. The number of nitrogens with zero attached hydrogens (tertiary/aromatic N) is 3. The van der Waals surface area contributed by atoms with Crippen LogP contribution in [0.3, 0.4) is 0 Å². The standard InChI is InChI=1S/C21H22BrN3O3/c22-13-8-4-9-14-16(13)20(26)24-11-5-10-15(24)18-17(21(27)28)23-19(25(14)18)12-6-2-1-3-7-12/h4,8-9,12,15H,1-3,5-7,10-11H2,(H,27,28)/t15-/m0/s1. The fourth-order valence-electron chi connectivity index (χ4n) is 5.15. The lowest BCUT2D eigenvalue weighted by molar-refractivity contribution is 0.0673. The third-order valence-corrected chi connectivity index (χ3v) is 7.05. The van der Waals surface area contributed by atoms with Gasteiger partial charge in [0.1, 0.15) is 5.82 Å². The van der Waals surface area contributed by atoms with E-state index in [2.05, 4.69) is 20.9 Å². The molecule has 3 aliphatic rings. The van der Waals surface area contributed by atoms with E-state index in [0.29, 0.717) is 17.8 Å². The Bertz CT molecular complexity index is 978. The normalized spacial score (nSPS) is 21.8. The van der Waals surface area contributed by atoms with Crippen molar-refractivity contribution in [2.75, 3.05) is 6.54 Å². The quantitative estimate of drug-likeness (QED) is 0.731. The van der Waals surface area contributed by atoms with Gasteiger partial charge in [0.2, 0.25) is 0 Å². The minimum absolute atomic E-state index is 0.0281. The van der Waals surface area contributed by atoms with E-state index in [-0.39, 0.29) is 23.6 Å². The minimum Gasteiger partial charge on any atom is -0.476 e. The van der Waals surface area contributed by atoms with E-state index in [4.69, 9.17) is 0 Å². The topological polar surface area (TPSA) is 75.4 Å². The van der Waals surface area contributed by atoms with Crippen molar-refractivity contribution in [2.24, 2.45) is 0 Å². The second-order valence-electron chi connectivity index (χ2n) is 7.97. The number of halogens is 1. The number of hydrogen-bond acceptors (Lipinski definition) is 3. The first kappa shape index (κ1) is 17.9. The van der Waals surface area contributed by atoms with Crippen molar-refractivity contribution in [3.8, 4) is 5.69 Å². The van der Waals surface area contributed by atoms with Crippen molar-refractivity contribution in [3.63, 3.8) is 0 Å². The number of benzene rings is 1. The fraction of sp³-hybridized carbons (Fsp3) is 0.476. The van der Waals surface area contributed by atoms with Crippen LogP contribution in [-0.2, 0) is 0 Å². The van der Waals surface area contributed by atoms with E-state index >= 15 is 0 Å². The van der Waals surface area contributed by atoms with E-state index < -0.39 is 5.97 Å². The van der Waals surface area contributed by atoms with E-state index in [1.807, 2.05) is 27.7 Å². The van der Waals surface area contributed by atoms with Crippen LogP contribution in [0.1, 0.15) is 89.3 Å². The molecule has 146 valence electrons. The van der Waals surface area contributed by atoms with Crippen LogP contribution in [-0.4, -0.2) is 38.0 Å². The van der Waals surface area contributed by atoms with E-state index in [9.17, 15) is 14.7 Å². The first-order valence-corrected chi connectivity index (χ1v) is 10.8. The molecule has 0 radical (unpaired) electrons. The van der Waals surface area contributed by atoms with Crippen molar-refractivity contribution in [3.05, 3.63) is 45.4 Å². The molecule has 3 heterocycles. The maximum Gasteiger partial charge on any atom is 0.356 e. The Balaban J connectivity index is 1.84. The van der Waals surface area contributed by atoms with Crippen molar-refractivity contribution >= 4 is 27.8 Å². The molecule has 2 fully saturated rings. The highest BCUT2D eigenvalue weighted by atomic mass is 79.9. The Hall–Kier alpha value is -2.15. The molecule has 1 saturated heterocycles. The highest BCUT2D eigenvalue weighted by molar-refractivity contribution is 9.10. The van der Waals surface area contributed by atoms with Crippen LogP contribution in [0.25, 0.3) is 5.69 Å². The number of carboxylic acid groups (broad SMARTS) is 1. The van der Waals surface area contributed by atoms with Gasteiger partial charge in [0.25, 0.3) is 5.91 Å². The van der Waals surface area contributed by atoms with Gasteiger partial charge in [0, 0.05) is 16.9 Å². The largest absolute Gasteiger partial charge is 0.476 e. The molecule has 1 saturated carbocycles. The van der Waals surface area contributed by atoms with Crippen molar-refractivity contribution in [1.82, 2.24) is 14.5 Å². The second-order valence-corrected chi connectivity index (χ2v) is 8.82. The molecule has 1 atom stereocenters. The Labute approximate surface area is 171 Å². The summed E-state index contributed by atoms with van der Waals surface area (Å²) in [5, 5.41) is 9.94. The van der Waals surface area contributed by atoms with E-state index in [0.717, 1.165) is 54.5 Å². The Morgan fingerprint density at radius 3 is 2.68 bits per heavy atom. The van der Waals surface area contributed by atoms with Gasteiger partial charge in [-0.15, -0.1) is 0 Å². The number of imidazole rings is 1. The molecular formula is C21H22BrN3O3. The summed E-state index contributed by atoms with van der Waals surface area (Å²) < 4.78 is 2.77. The molecule has 0 unspecified atom stereocenters. The number of fused-ring (bicyclic) bond motifs is 5. The van der Waals surface area contributed by atoms with Crippen molar-refractivity contribution < 1.29 is 14.7 Å². The van der Waals surface area contributed by atoms with E-state index in [1.165, 1.54) is 6.42 Å². The molecule has 0 spiro atoms. The number of aromatic nitrogens is 2. The zero-order valence-electron chi connectivity index (χ0n) is 15.5. The summed E-state index contributed by atoms with van der Waals surface area (Å²) in [6.45, 7) is 0.646. The first-order chi connectivity index (χ1) is 13.6. The number of carboxylic acids is 1. The minimum atomic E-state index is -1.01. The van der Waals surface area contributed by atoms with Gasteiger partial charge >= 0.3 is 5.97 Å². The molecule has 2 aliphatic heterocycles. The van der Waals surface area contributed by atoms with Crippen LogP contribution in [0, 0.1) is 0 Å². The monoisotopic (exact) mass is 443 g/mol.